The summed E-state index contributed by atoms with van der Waals surface area (Å²) < 4.78 is 12.2. The first-order chi connectivity index (χ1) is 17.4. The molecule has 1 aliphatic carbocycles. The standard InChI is InChI=1S/C16H22N2O.C11H21N3O3/c1-3-11-16(19,4-2)13-18-15(10-12-17-18)14-8-6-5-7-9-14;1-2-16-11(15)9(14-13)10(12)17-8-6-4-3-5-7-8/h5-10,12,19H,3-4,11,13H2,1-2H3;8,14H,2-7,12-13H2,1H3/b;10-9+. The number of esters is 1. The van der Waals surface area contributed by atoms with Gasteiger partial charge in [0, 0.05) is 6.20 Å². The summed E-state index contributed by atoms with van der Waals surface area (Å²) >= 11 is 0. The molecule has 1 atom stereocenters. The highest BCUT2D eigenvalue weighted by Gasteiger charge is 2.25. The topological polar surface area (TPSA) is 138 Å². The first kappa shape index (κ1) is 29.2. The molecule has 2 aromatic rings. The van der Waals surface area contributed by atoms with E-state index in [0.717, 1.165) is 56.2 Å². The van der Waals surface area contributed by atoms with E-state index in [4.69, 9.17) is 21.1 Å². The Morgan fingerprint density at radius 2 is 1.86 bits per heavy atom. The Balaban J connectivity index is 0.000000255. The van der Waals surface area contributed by atoms with Gasteiger partial charge < -0.3 is 25.7 Å². The molecule has 6 N–H and O–H groups in total. The molecule has 0 amide bonds. The normalized spacial score (nSPS) is 16.1. The van der Waals surface area contributed by atoms with E-state index < -0.39 is 11.6 Å². The molecule has 9 heteroatoms. The fourth-order valence-electron chi connectivity index (χ4n) is 4.28. The fraction of sp³-hybridized carbons (Fsp3) is 0.556. The number of nitrogens with zero attached hydrogens (tertiary/aromatic N) is 2. The van der Waals surface area contributed by atoms with Gasteiger partial charge in [0.25, 0.3) is 0 Å². The van der Waals surface area contributed by atoms with Crippen molar-refractivity contribution in [3.63, 3.8) is 0 Å². The molecule has 0 aliphatic heterocycles. The van der Waals surface area contributed by atoms with Crippen LogP contribution in [0.15, 0.2) is 54.2 Å². The second kappa shape index (κ2) is 15.2. The predicted molar refractivity (Wildman–Crippen MR) is 141 cm³/mol. The number of aromatic nitrogens is 2. The summed E-state index contributed by atoms with van der Waals surface area (Å²) in [6, 6.07) is 12.2. The van der Waals surface area contributed by atoms with Gasteiger partial charge in [0.2, 0.25) is 5.88 Å². The second-order valence-corrected chi connectivity index (χ2v) is 9.05. The Hall–Kier alpha value is -3.04. The molecule has 0 radical (unpaired) electrons. The average Bonchev–Trinajstić information content (AvgIpc) is 3.34. The van der Waals surface area contributed by atoms with Crippen LogP contribution >= 0.6 is 0 Å². The fourth-order valence-corrected chi connectivity index (χ4v) is 4.28. The third-order valence-electron chi connectivity index (χ3n) is 6.32. The van der Waals surface area contributed by atoms with E-state index in [1.807, 2.05) is 35.9 Å². The summed E-state index contributed by atoms with van der Waals surface area (Å²) in [6.07, 6.45) is 9.79. The number of nitrogens with two attached hydrogens (primary N) is 2. The Labute approximate surface area is 214 Å². The van der Waals surface area contributed by atoms with Crippen molar-refractivity contribution in [1.29, 1.82) is 0 Å². The second-order valence-electron chi connectivity index (χ2n) is 9.05. The van der Waals surface area contributed by atoms with E-state index in [1.165, 1.54) is 6.42 Å². The molecule has 36 heavy (non-hydrogen) atoms. The van der Waals surface area contributed by atoms with Crippen LogP contribution in [0.3, 0.4) is 0 Å². The van der Waals surface area contributed by atoms with E-state index in [0.29, 0.717) is 6.54 Å². The van der Waals surface area contributed by atoms with Crippen LogP contribution in [0.1, 0.15) is 72.1 Å². The monoisotopic (exact) mass is 501 g/mol. The largest absolute Gasteiger partial charge is 0.474 e. The third-order valence-corrected chi connectivity index (χ3v) is 6.32. The number of aliphatic hydroxyl groups is 1. The van der Waals surface area contributed by atoms with Crippen molar-refractivity contribution in [2.75, 3.05) is 6.61 Å². The maximum Gasteiger partial charge on any atom is 0.361 e. The minimum absolute atomic E-state index is 0.0119. The summed E-state index contributed by atoms with van der Waals surface area (Å²) in [6.45, 7) is 6.66. The van der Waals surface area contributed by atoms with Gasteiger partial charge in [0.05, 0.1) is 24.4 Å². The van der Waals surface area contributed by atoms with Gasteiger partial charge in [-0.05, 0) is 57.1 Å². The summed E-state index contributed by atoms with van der Waals surface area (Å²) in [4.78, 5) is 11.5. The van der Waals surface area contributed by atoms with Crippen molar-refractivity contribution in [2.24, 2.45) is 11.6 Å². The molecule has 0 bridgehead atoms. The van der Waals surface area contributed by atoms with Crippen molar-refractivity contribution >= 4 is 5.97 Å². The lowest BCUT2D eigenvalue weighted by Gasteiger charge is -2.27. The molecule has 0 spiro atoms. The molecular formula is C27H43N5O4. The average molecular weight is 502 g/mol. The number of hydrogen-bond donors (Lipinski definition) is 4. The molecule has 1 heterocycles. The zero-order valence-corrected chi connectivity index (χ0v) is 21.9. The zero-order valence-electron chi connectivity index (χ0n) is 21.9. The lowest BCUT2D eigenvalue weighted by Crippen LogP contribution is -2.34. The molecule has 200 valence electrons. The molecule has 0 saturated heterocycles. The number of benzene rings is 1. The van der Waals surface area contributed by atoms with Gasteiger partial charge in [0.1, 0.15) is 6.10 Å². The van der Waals surface area contributed by atoms with E-state index in [-0.39, 0.29) is 24.3 Å². The van der Waals surface area contributed by atoms with Gasteiger partial charge in [-0.25, -0.2) is 4.79 Å². The molecule has 1 aromatic heterocycles. The Morgan fingerprint density at radius 1 is 1.17 bits per heavy atom. The molecule has 1 saturated carbocycles. The number of hydrazine groups is 1. The van der Waals surface area contributed by atoms with Crippen LogP contribution in [0.4, 0.5) is 0 Å². The van der Waals surface area contributed by atoms with Gasteiger partial charge in [0.15, 0.2) is 5.70 Å². The lowest BCUT2D eigenvalue weighted by molar-refractivity contribution is -0.139. The first-order valence-electron chi connectivity index (χ1n) is 13.0. The van der Waals surface area contributed by atoms with Gasteiger partial charge in [-0.2, -0.15) is 5.10 Å². The Bertz CT molecular complexity index is 941. The smallest absolute Gasteiger partial charge is 0.361 e. The van der Waals surface area contributed by atoms with Gasteiger partial charge >= 0.3 is 5.97 Å². The summed E-state index contributed by atoms with van der Waals surface area (Å²) in [5, 5.41) is 15.0. The van der Waals surface area contributed by atoms with E-state index in [2.05, 4.69) is 29.6 Å². The highest BCUT2D eigenvalue weighted by Crippen LogP contribution is 2.24. The number of ether oxygens (including phenoxy) is 2. The first-order valence-corrected chi connectivity index (χ1v) is 13.0. The molecule has 1 aromatic carbocycles. The third kappa shape index (κ3) is 8.87. The Kier molecular flexibility index (Phi) is 12.3. The summed E-state index contributed by atoms with van der Waals surface area (Å²) in [5.74, 6) is 4.66. The van der Waals surface area contributed by atoms with E-state index >= 15 is 0 Å². The van der Waals surface area contributed by atoms with Crippen LogP contribution in [0, 0.1) is 0 Å². The number of hydrogen-bond acceptors (Lipinski definition) is 8. The Morgan fingerprint density at radius 3 is 2.44 bits per heavy atom. The highest BCUT2D eigenvalue weighted by molar-refractivity contribution is 5.88. The summed E-state index contributed by atoms with van der Waals surface area (Å²) in [7, 11) is 0. The molecule has 1 aliphatic rings. The maximum atomic E-state index is 11.5. The molecule has 3 rings (SSSR count). The quantitative estimate of drug-likeness (QED) is 0.119. The zero-order chi connectivity index (χ0) is 26.4. The van der Waals surface area contributed by atoms with Crippen LogP contribution in [-0.2, 0) is 20.8 Å². The number of nitrogens with one attached hydrogen (secondary N) is 1. The molecular weight excluding hydrogens is 458 g/mol. The molecule has 1 unspecified atom stereocenters. The minimum Gasteiger partial charge on any atom is -0.474 e. The highest BCUT2D eigenvalue weighted by atomic mass is 16.5. The number of rotatable bonds is 11. The van der Waals surface area contributed by atoms with Gasteiger partial charge in [-0.3, -0.25) is 10.5 Å². The minimum atomic E-state index is -0.662. The predicted octanol–water partition coefficient (Wildman–Crippen LogP) is 3.98. The molecule has 9 nitrogen and oxygen atoms in total. The van der Waals surface area contributed by atoms with Crippen molar-refractivity contribution in [2.45, 2.75) is 90.4 Å². The van der Waals surface area contributed by atoms with Crippen LogP contribution in [0.5, 0.6) is 0 Å². The SMILES string of the molecule is CCCC(O)(CC)Cn1nccc1-c1ccccc1.CCOC(=O)/C(NN)=C(/N)OC1CCCCC1. The maximum absolute atomic E-state index is 11.5. The molecule has 1 fully saturated rings. The summed E-state index contributed by atoms with van der Waals surface area (Å²) in [5.41, 5.74) is 9.45. The number of carbonyl (C=O) groups is 1. The number of carbonyl (C=O) groups excluding carboxylic acids is 1. The van der Waals surface area contributed by atoms with E-state index in [9.17, 15) is 9.90 Å². The van der Waals surface area contributed by atoms with Gasteiger partial charge in [-0.1, -0.05) is 57.0 Å². The van der Waals surface area contributed by atoms with E-state index in [1.54, 1.807) is 13.1 Å². The van der Waals surface area contributed by atoms with Crippen LogP contribution in [-0.4, -0.2) is 39.2 Å². The van der Waals surface area contributed by atoms with Crippen LogP contribution in [0.25, 0.3) is 11.3 Å². The van der Waals surface area contributed by atoms with Crippen LogP contribution in [0.2, 0.25) is 0 Å². The van der Waals surface area contributed by atoms with Gasteiger partial charge in [-0.15, -0.1) is 0 Å². The van der Waals surface area contributed by atoms with Crippen molar-refractivity contribution < 1.29 is 19.4 Å². The van der Waals surface area contributed by atoms with Crippen molar-refractivity contribution in [3.05, 3.63) is 54.2 Å². The van der Waals surface area contributed by atoms with Crippen LogP contribution < -0.4 is 17.0 Å². The van der Waals surface area contributed by atoms with Crippen molar-refractivity contribution in [1.82, 2.24) is 15.2 Å². The van der Waals surface area contributed by atoms with Crippen molar-refractivity contribution in [3.8, 4) is 11.3 Å². The lowest BCUT2D eigenvalue weighted by atomic mass is 9.95.